The quantitative estimate of drug-likeness (QED) is 0.656. The van der Waals surface area contributed by atoms with E-state index < -0.39 is 0 Å². The third-order valence-corrected chi connectivity index (χ3v) is 2.85. The Labute approximate surface area is 104 Å². The first-order valence-electron chi connectivity index (χ1n) is 5.83. The van der Waals surface area contributed by atoms with Crippen molar-refractivity contribution < 1.29 is 9.53 Å². The van der Waals surface area contributed by atoms with E-state index in [-0.39, 0.29) is 6.09 Å². The Balaban J connectivity index is 2.18. The van der Waals surface area contributed by atoms with Crippen molar-refractivity contribution in [1.29, 1.82) is 0 Å². The molecule has 0 radical (unpaired) electrons. The number of hydrogen-bond acceptors (Lipinski definition) is 3. The van der Waals surface area contributed by atoms with E-state index in [9.17, 15) is 4.79 Å². The highest BCUT2D eigenvalue weighted by Crippen LogP contribution is 2.30. The van der Waals surface area contributed by atoms with E-state index in [2.05, 4.69) is 4.98 Å². The molecule has 0 aromatic heterocycles. The molecule has 4 nitrogen and oxygen atoms in total. The van der Waals surface area contributed by atoms with Crippen LogP contribution in [0.5, 0.6) is 0 Å². The van der Waals surface area contributed by atoms with Crippen molar-refractivity contribution in [1.82, 2.24) is 9.55 Å². The number of para-hydroxylation sites is 1. The van der Waals surface area contributed by atoms with Crippen molar-refractivity contribution in [3.05, 3.63) is 42.7 Å². The molecule has 2 aliphatic rings. The summed E-state index contributed by atoms with van der Waals surface area (Å²) in [6.07, 6.45) is 3.07. The number of carbonyl (C=O) groups is 1. The molecule has 0 spiro atoms. The fourth-order valence-corrected chi connectivity index (χ4v) is 2.03. The van der Waals surface area contributed by atoms with Gasteiger partial charge in [-0.15, -0.1) is 0 Å². The first-order chi connectivity index (χ1) is 8.79. The maximum Gasteiger partial charge on any atom is 0.417 e. The van der Waals surface area contributed by atoms with Gasteiger partial charge in [0, 0.05) is 23.3 Å². The molecule has 0 unspecified atom stereocenters. The van der Waals surface area contributed by atoms with Gasteiger partial charge in [0.2, 0.25) is 0 Å². The third kappa shape index (κ3) is 1.62. The molecule has 0 bridgehead atoms. The maximum atomic E-state index is 11.7. The molecule has 1 aromatic rings. The van der Waals surface area contributed by atoms with Crippen LogP contribution in [-0.2, 0) is 4.74 Å². The SMILES string of the molecule is CCOC(=O)n1ccc2nc3ccccc3c-2c1. The van der Waals surface area contributed by atoms with Crippen LogP contribution >= 0.6 is 0 Å². The number of ether oxygens (including phenoxy) is 1. The molecule has 0 amide bonds. The molecule has 3 rings (SSSR count). The number of carbonyl (C=O) groups excluding carboxylic acids is 1. The smallest absolute Gasteiger partial charge is 0.417 e. The van der Waals surface area contributed by atoms with Gasteiger partial charge in [0.05, 0.1) is 17.8 Å². The summed E-state index contributed by atoms with van der Waals surface area (Å²) in [6, 6.07) is 9.70. The molecule has 0 saturated carbocycles. The summed E-state index contributed by atoms with van der Waals surface area (Å²) in [5.74, 6) is 0. The fraction of sp³-hybridized carbons (Fsp3) is 0.143. The zero-order valence-corrected chi connectivity index (χ0v) is 9.96. The fourth-order valence-electron chi connectivity index (χ4n) is 2.03. The molecule has 0 aliphatic carbocycles. The predicted molar refractivity (Wildman–Crippen MR) is 68.8 cm³/mol. The van der Waals surface area contributed by atoms with E-state index in [4.69, 9.17) is 4.74 Å². The summed E-state index contributed by atoms with van der Waals surface area (Å²) in [6.45, 7) is 2.15. The van der Waals surface area contributed by atoms with Gasteiger partial charge in [-0.2, -0.15) is 0 Å². The van der Waals surface area contributed by atoms with Crippen LogP contribution in [0.2, 0.25) is 0 Å². The second-order valence-electron chi connectivity index (χ2n) is 3.98. The molecule has 2 heterocycles. The maximum absolute atomic E-state index is 11.7. The Kier molecular flexibility index (Phi) is 2.48. The van der Waals surface area contributed by atoms with E-state index in [1.807, 2.05) is 30.3 Å². The third-order valence-electron chi connectivity index (χ3n) is 2.85. The highest BCUT2D eigenvalue weighted by atomic mass is 16.5. The van der Waals surface area contributed by atoms with Gasteiger partial charge < -0.3 is 4.74 Å². The molecule has 18 heavy (non-hydrogen) atoms. The Morgan fingerprint density at radius 1 is 1.33 bits per heavy atom. The van der Waals surface area contributed by atoms with Crippen LogP contribution in [0.4, 0.5) is 4.79 Å². The summed E-state index contributed by atoms with van der Waals surface area (Å²) < 4.78 is 6.41. The lowest BCUT2D eigenvalue weighted by Gasteiger charge is -2.07. The lowest BCUT2D eigenvalue weighted by molar-refractivity contribution is 0.154. The van der Waals surface area contributed by atoms with Gasteiger partial charge in [-0.25, -0.2) is 9.78 Å². The first kappa shape index (κ1) is 10.8. The number of aromatic nitrogens is 2. The number of rotatable bonds is 1. The first-order valence-corrected chi connectivity index (χ1v) is 5.83. The molecule has 2 aliphatic heterocycles. The van der Waals surface area contributed by atoms with Crippen LogP contribution in [0.1, 0.15) is 6.92 Å². The van der Waals surface area contributed by atoms with Gasteiger partial charge in [-0.1, -0.05) is 18.2 Å². The topological polar surface area (TPSA) is 44.1 Å². The molecule has 0 saturated heterocycles. The minimum absolute atomic E-state index is 0.365. The van der Waals surface area contributed by atoms with Crippen LogP contribution in [0.15, 0.2) is 42.7 Å². The van der Waals surface area contributed by atoms with Crippen LogP contribution in [0.25, 0.3) is 22.2 Å². The number of hydrogen-bond donors (Lipinski definition) is 0. The molecule has 0 N–H and O–H groups in total. The number of nitrogens with zero attached hydrogens (tertiary/aromatic N) is 2. The van der Waals surface area contributed by atoms with Crippen LogP contribution in [0, 0.1) is 0 Å². The molecule has 90 valence electrons. The van der Waals surface area contributed by atoms with Gasteiger partial charge in [-0.05, 0) is 19.1 Å². The Morgan fingerprint density at radius 2 is 2.17 bits per heavy atom. The van der Waals surface area contributed by atoms with Crippen LogP contribution in [0.3, 0.4) is 0 Å². The summed E-state index contributed by atoms with van der Waals surface area (Å²) in [5.41, 5.74) is 2.78. The van der Waals surface area contributed by atoms with Gasteiger partial charge in [-0.3, -0.25) is 4.57 Å². The van der Waals surface area contributed by atoms with Gasteiger partial charge in [0.15, 0.2) is 0 Å². The zero-order chi connectivity index (χ0) is 12.5. The van der Waals surface area contributed by atoms with E-state index in [1.165, 1.54) is 4.57 Å². The second kappa shape index (κ2) is 4.14. The van der Waals surface area contributed by atoms with E-state index in [1.54, 1.807) is 19.3 Å². The van der Waals surface area contributed by atoms with Crippen molar-refractivity contribution in [2.45, 2.75) is 6.92 Å². The lowest BCUT2D eigenvalue weighted by atomic mass is 10.1. The van der Waals surface area contributed by atoms with Gasteiger partial charge in [0.25, 0.3) is 0 Å². The Hall–Kier alpha value is -2.36. The van der Waals surface area contributed by atoms with E-state index in [0.29, 0.717) is 6.61 Å². The minimum atomic E-state index is -0.371. The van der Waals surface area contributed by atoms with E-state index in [0.717, 1.165) is 22.2 Å². The number of fused-ring (bicyclic) bond motifs is 3. The number of pyridine rings is 1. The zero-order valence-electron chi connectivity index (χ0n) is 9.96. The minimum Gasteiger partial charge on any atom is -0.449 e. The van der Waals surface area contributed by atoms with Crippen molar-refractivity contribution >= 4 is 17.0 Å². The molecule has 0 atom stereocenters. The van der Waals surface area contributed by atoms with Gasteiger partial charge in [0.1, 0.15) is 0 Å². The predicted octanol–water partition coefficient (Wildman–Crippen LogP) is 3.15. The summed E-state index contributed by atoms with van der Waals surface area (Å²) in [5, 5.41) is 1.05. The van der Waals surface area contributed by atoms with Crippen molar-refractivity contribution in [3.8, 4) is 11.3 Å². The standard InChI is InChI=1S/C14H12N2O2/c1-2-18-14(17)16-8-7-13-11(9-16)10-5-3-4-6-12(10)15-13/h3-9H,2H2,1H3. The lowest BCUT2D eigenvalue weighted by Crippen LogP contribution is -2.13. The largest absolute Gasteiger partial charge is 0.449 e. The van der Waals surface area contributed by atoms with Crippen LogP contribution in [-0.4, -0.2) is 22.3 Å². The Bertz CT molecular complexity index is 687. The van der Waals surface area contributed by atoms with E-state index >= 15 is 0 Å². The molecule has 0 fully saturated rings. The summed E-state index contributed by atoms with van der Waals surface area (Å²) >= 11 is 0. The Morgan fingerprint density at radius 3 is 3.00 bits per heavy atom. The van der Waals surface area contributed by atoms with Crippen LogP contribution < -0.4 is 0 Å². The summed E-state index contributed by atoms with van der Waals surface area (Å²) in [4.78, 5) is 16.2. The molecule has 4 heteroatoms. The highest BCUT2D eigenvalue weighted by Gasteiger charge is 2.13. The molecular formula is C14H12N2O2. The summed E-state index contributed by atoms with van der Waals surface area (Å²) in [7, 11) is 0. The average Bonchev–Trinajstić information content (AvgIpc) is 2.76. The molecular weight excluding hydrogens is 228 g/mol. The average molecular weight is 240 g/mol. The number of benzene rings is 1. The van der Waals surface area contributed by atoms with Crippen molar-refractivity contribution in [2.75, 3.05) is 6.61 Å². The van der Waals surface area contributed by atoms with Gasteiger partial charge >= 0.3 is 6.09 Å². The van der Waals surface area contributed by atoms with Crippen molar-refractivity contribution in [3.63, 3.8) is 0 Å². The van der Waals surface area contributed by atoms with Crippen molar-refractivity contribution in [2.24, 2.45) is 0 Å². The molecule has 1 aromatic carbocycles. The highest BCUT2D eigenvalue weighted by molar-refractivity contribution is 5.97. The normalized spacial score (nSPS) is 10.9. The second-order valence-corrected chi connectivity index (χ2v) is 3.98. The monoisotopic (exact) mass is 240 g/mol.